The highest BCUT2D eigenvalue weighted by molar-refractivity contribution is 5.93. The van der Waals surface area contributed by atoms with Gasteiger partial charge in [-0.3, -0.25) is 0 Å². The maximum absolute atomic E-state index is 12.2. The molecule has 0 N–H and O–H groups in total. The van der Waals surface area contributed by atoms with Crippen molar-refractivity contribution in [3.8, 4) is 0 Å². The molecule has 0 spiro atoms. The van der Waals surface area contributed by atoms with Crippen LogP contribution >= 0.6 is 0 Å². The summed E-state index contributed by atoms with van der Waals surface area (Å²) in [5.41, 5.74) is 0.917. The van der Waals surface area contributed by atoms with E-state index in [0.717, 1.165) is 38.5 Å². The first-order valence-electron chi connectivity index (χ1n) is 8.60. The van der Waals surface area contributed by atoms with E-state index < -0.39 is 0 Å². The Morgan fingerprint density at radius 2 is 1.48 bits per heavy atom. The summed E-state index contributed by atoms with van der Waals surface area (Å²) in [6.07, 6.45) is 5.68. The summed E-state index contributed by atoms with van der Waals surface area (Å²) in [6.45, 7) is 6.56. The van der Waals surface area contributed by atoms with Gasteiger partial charge in [-0.1, -0.05) is 40.0 Å². The standard InChI is InChI=1S/C19H28O4/c1-4-7-9-17(8-5-2)23-19(21)16-12-10-15(11-13-16)18(20)22-14-6-3/h10-13,17H,4-9,14H2,1-3H3. The predicted molar refractivity (Wildman–Crippen MR) is 90.7 cm³/mol. The summed E-state index contributed by atoms with van der Waals surface area (Å²) >= 11 is 0. The molecule has 0 aromatic heterocycles. The molecule has 1 unspecified atom stereocenters. The molecule has 0 saturated carbocycles. The van der Waals surface area contributed by atoms with Gasteiger partial charge in [0.15, 0.2) is 0 Å². The first-order chi connectivity index (χ1) is 11.1. The quantitative estimate of drug-likeness (QED) is 0.583. The summed E-state index contributed by atoms with van der Waals surface area (Å²) in [5, 5.41) is 0. The Hall–Kier alpha value is -1.84. The molecule has 1 rings (SSSR count). The van der Waals surface area contributed by atoms with Crippen LogP contribution in [-0.2, 0) is 9.47 Å². The summed E-state index contributed by atoms with van der Waals surface area (Å²) in [5.74, 6) is -0.688. The number of ether oxygens (including phenoxy) is 2. The number of hydrogen-bond donors (Lipinski definition) is 0. The van der Waals surface area contributed by atoms with Crippen LogP contribution in [0.1, 0.15) is 80.0 Å². The van der Waals surface area contributed by atoms with Gasteiger partial charge in [-0.05, 0) is 43.5 Å². The van der Waals surface area contributed by atoms with Crippen molar-refractivity contribution in [3.05, 3.63) is 35.4 Å². The van der Waals surface area contributed by atoms with Gasteiger partial charge in [0, 0.05) is 0 Å². The van der Waals surface area contributed by atoms with Crippen molar-refractivity contribution in [2.24, 2.45) is 0 Å². The van der Waals surface area contributed by atoms with Gasteiger partial charge in [-0.15, -0.1) is 0 Å². The molecule has 0 fully saturated rings. The smallest absolute Gasteiger partial charge is 0.338 e. The van der Waals surface area contributed by atoms with Crippen LogP contribution < -0.4 is 0 Å². The third-order valence-corrected chi connectivity index (χ3v) is 3.56. The van der Waals surface area contributed by atoms with E-state index in [1.807, 2.05) is 6.92 Å². The van der Waals surface area contributed by atoms with Crippen molar-refractivity contribution in [1.29, 1.82) is 0 Å². The second kappa shape index (κ2) is 10.8. The summed E-state index contributed by atoms with van der Waals surface area (Å²) in [6, 6.07) is 6.45. The number of hydrogen-bond acceptors (Lipinski definition) is 4. The first-order valence-corrected chi connectivity index (χ1v) is 8.60. The van der Waals surface area contributed by atoms with Crippen molar-refractivity contribution in [2.45, 2.75) is 65.4 Å². The third kappa shape index (κ3) is 6.85. The number of esters is 2. The van der Waals surface area contributed by atoms with E-state index in [0.29, 0.717) is 17.7 Å². The van der Waals surface area contributed by atoms with Gasteiger partial charge < -0.3 is 9.47 Å². The van der Waals surface area contributed by atoms with E-state index in [4.69, 9.17) is 9.47 Å². The average Bonchev–Trinajstić information content (AvgIpc) is 2.57. The maximum atomic E-state index is 12.2. The number of benzene rings is 1. The number of rotatable bonds is 10. The first kappa shape index (κ1) is 19.2. The van der Waals surface area contributed by atoms with Crippen molar-refractivity contribution in [2.75, 3.05) is 6.61 Å². The number of carbonyl (C=O) groups excluding carboxylic acids is 2. The molecule has 0 aliphatic carbocycles. The van der Waals surface area contributed by atoms with E-state index in [-0.39, 0.29) is 18.0 Å². The van der Waals surface area contributed by atoms with E-state index in [1.54, 1.807) is 24.3 Å². The Bertz CT molecular complexity index is 479. The van der Waals surface area contributed by atoms with Crippen molar-refractivity contribution >= 4 is 11.9 Å². The normalized spacial score (nSPS) is 11.8. The van der Waals surface area contributed by atoms with Crippen LogP contribution in [0.3, 0.4) is 0 Å². The van der Waals surface area contributed by atoms with E-state index in [9.17, 15) is 9.59 Å². The summed E-state index contributed by atoms with van der Waals surface area (Å²) < 4.78 is 10.7. The van der Waals surface area contributed by atoms with Crippen LogP contribution in [0.4, 0.5) is 0 Å². The van der Waals surface area contributed by atoms with E-state index in [1.165, 1.54) is 0 Å². The minimum atomic E-state index is -0.362. The fourth-order valence-electron chi connectivity index (χ4n) is 2.26. The zero-order valence-corrected chi connectivity index (χ0v) is 14.5. The molecule has 23 heavy (non-hydrogen) atoms. The Labute approximate surface area is 139 Å². The fraction of sp³-hybridized carbons (Fsp3) is 0.579. The molecular weight excluding hydrogens is 292 g/mol. The van der Waals surface area contributed by atoms with Gasteiger partial charge >= 0.3 is 11.9 Å². The van der Waals surface area contributed by atoms with Crippen LogP contribution in [0.25, 0.3) is 0 Å². The van der Waals surface area contributed by atoms with E-state index >= 15 is 0 Å². The second-order valence-corrected chi connectivity index (χ2v) is 5.67. The summed E-state index contributed by atoms with van der Waals surface area (Å²) in [7, 11) is 0. The lowest BCUT2D eigenvalue weighted by Crippen LogP contribution is -2.18. The lowest BCUT2D eigenvalue weighted by molar-refractivity contribution is 0.0254. The zero-order valence-electron chi connectivity index (χ0n) is 14.5. The molecule has 0 aliphatic rings. The molecule has 0 amide bonds. The fourth-order valence-corrected chi connectivity index (χ4v) is 2.26. The number of carbonyl (C=O) groups is 2. The van der Waals surface area contributed by atoms with Crippen LogP contribution in [0, 0.1) is 0 Å². The monoisotopic (exact) mass is 320 g/mol. The largest absolute Gasteiger partial charge is 0.462 e. The topological polar surface area (TPSA) is 52.6 Å². The summed E-state index contributed by atoms with van der Waals surface area (Å²) in [4.78, 5) is 23.9. The molecule has 0 saturated heterocycles. The minimum absolute atomic E-state index is 0.0263. The van der Waals surface area contributed by atoms with Gasteiger partial charge in [0.05, 0.1) is 17.7 Å². The van der Waals surface area contributed by atoms with Crippen molar-refractivity contribution in [3.63, 3.8) is 0 Å². The highest BCUT2D eigenvalue weighted by Crippen LogP contribution is 2.15. The molecule has 4 heteroatoms. The van der Waals surface area contributed by atoms with Gasteiger partial charge in [0.2, 0.25) is 0 Å². The Kier molecular flexibility index (Phi) is 9.03. The molecule has 1 aromatic rings. The molecule has 0 aliphatic heterocycles. The highest BCUT2D eigenvalue weighted by atomic mass is 16.5. The molecule has 0 heterocycles. The van der Waals surface area contributed by atoms with Crippen LogP contribution in [-0.4, -0.2) is 24.6 Å². The predicted octanol–water partition coefficient (Wildman–Crippen LogP) is 4.77. The van der Waals surface area contributed by atoms with Gasteiger partial charge in [-0.25, -0.2) is 9.59 Å². The molecule has 128 valence electrons. The van der Waals surface area contributed by atoms with Crippen molar-refractivity contribution < 1.29 is 19.1 Å². The SMILES string of the molecule is CCCCC(CCC)OC(=O)c1ccc(C(=O)OCCC)cc1. The molecule has 0 bridgehead atoms. The van der Waals surface area contributed by atoms with Crippen LogP contribution in [0.2, 0.25) is 0 Å². The van der Waals surface area contributed by atoms with Gasteiger partial charge in [0.1, 0.15) is 6.10 Å². The Balaban J connectivity index is 2.63. The minimum Gasteiger partial charge on any atom is -0.462 e. The molecule has 4 nitrogen and oxygen atoms in total. The van der Waals surface area contributed by atoms with E-state index in [2.05, 4.69) is 13.8 Å². The number of unbranched alkanes of at least 4 members (excludes halogenated alkanes) is 1. The zero-order chi connectivity index (χ0) is 17.1. The van der Waals surface area contributed by atoms with Gasteiger partial charge in [-0.2, -0.15) is 0 Å². The molecule has 1 atom stereocenters. The van der Waals surface area contributed by atoms with Crippen LogP contribution in [0.5, 0.6) is 0 Å². The lowest BCUT2D eigenvalue weighted by Gasteiger charge is -2.17. The maximum Gasteiger partial charge on any atom is 0.338 e. The third-order valence-electron chi connectivity index (χ3n) is 3.56. The molecule has 1 aromatic carbocycles. The Morgan fingerprint density at radius 1 is 0.870 bits per heavy atom. The Morgan fingerprint density at radius 3 is 2.00 bits per heavy atom. The van der Waals surface area contributed by atoms with Gasteiger partial charge in [0.25, 0.3) is 0 Å². The lowest BCUT2D eigenvalue weighted by atomic mass is 10.1. The van der Waals surface area contributed by atoms with Crippen molar-refractivity contribution in [1.82, 2.24) is 0 Å². The van der Waals surface area contributed by atoms with Crippen LogP contribution in [0.15, 0.2) is 24.3 Å². The highest BCUT2D eigenvalue weighted by Gasteiger charge is 2.16. The molecule has 0 radical (unpaired) electrons. The molecular formula is C19H28O4. The second-order valence-electron chi connectivity index (χ2n) is 5.67. The average molecular weight is 320 g/mol.